The van der Waals surface area contributed by atoms with Crippen molar-refractivity contribution < 1.29 is 42.5 Å². The van der Waals surface area contributed by atoms with Gasteiger partial charge < -0.3 is 49.4 Å². The summed E-state index contributed by atoms with van der Waals surface area (Å²) < 4.78 is 45.8. The highest BCUT2D eigenvalue weighted by Gasteiger charge is 2.60. The zero-order valence-corrected chi connectivity index (χ0v) is 55.0. The zero-order chi connectivity index (χ0) is 65.3. The van der Waals surface area contributed by atoms with Crippen LogP contribution in [0.2, 0.25) is 10.0 Å². The summed E-state index contributed by atoms with van der Waals surface area (Å²) in [5.74, 6) is 0.709. The summed E-state index contributed by atoms with van der Waals surface area (Å²) >= 11 is 13.0. The number of rotatable bonds is 23. The number of piperazine rings is 1. The van der Waals surface area contributed by atoms with Gasteiger partial charge in [-0.05, 0) is 116 Å². The zero-order valence-electron chi connectivity index (χ0n) is 53.5. The molecule has 0 spiro atoms. The van der Waals surface area contributed by atoms with Gasteiger partial charge in [0, 0.05) is 74.9 Å². The third-order valence-corrected chi connectivity index (χ3v) is 18.3. The molecule has 4 aliphatic heterocycles. The highest BCUT2D eigenvalue weighted by atomic mass is 35.5. The lowest BCUT2D eigenvalue weighted by molar-refractivity contribution is -0.122. The average molecular weight is 1300 g/mol. The van der Waals surface area contributed by atoms with Crippen molar-refractivity contribution in [2.45, 2.75) is 96.4 Å². The quantitative estimate of drug-likeness (QED) is 0.0569. The maximum Gasteiger partial charge on any atom is 0.326 e. The van der Waals surface area contributed by atoms with Crippen LogP contribution in [-0.4, -0.2) is 175 Å². The van der Waals surface area contributed by atoms with Gasteiger partial charge in [0.05, 0.1) is 107 Å². The number of hydrogen-bond acceptors (Lipinski definition) is 16. The van der Waals surface area contributed by atoms with E-state index < -0.39 is 16.9 Å². The summed E-state index contributed by atoms with van der Waals surface area (Å²) in [5, 5.41) is 19.0. The minimum absolute atomic E-state index is 0.0273. The smallest absolute Gasteiger partial charge is 0.326 e. The summed E-state index contributed by atoms with van der Waals surface area (Å²) in [6.07, 6.45) is 3.00. The van der Waals surface area contributed by atoms with Crippen LogP contribution < -0.4 is 20.7 Å². The van der Waals surface area contributed by atoms with Crippen LogP contribution in [0.1, 0.15) is 116 Å². The lowest BCUT2D eigenvalue weighted by Gasteiger charge is -2.47. The molecule has 0 radical (unpaired) electrons. The van der Waals surface area contributed by atoms with Gasteiger partial charge >= 0.3 is 6.03 Å². The highest BCUT2D eigenvalue weighted by Crippen LogP contribution is 2.54. The molecule has 24 heteroatoms. The molecule has 0 unspecified atom stereocenters. The van der Waals surface area contributed by atoms with Crippen LogP contribution in [0.3, 0.4) is 0 Å². The molecule has 6 heterocycles. The number of aromatic nitrogens is 4. The summed E-state index contributed by atoms with van der Waals surface area (Å²) in [7, 11) is 1.64. The van der Waals surface area contributed by atoms with Crippen LogP contribution in [0.5, 0.6) is 5.75 Å². The van der Waals surface area contributed by atoms with E-state index in [0.717, 1.165) is 28.7 Å². The van der Waals surface area contributed by atoms with Crippen molar-refractivity contribution >= 4 is 58.5 Å². The number of nitrogen functional groups attached to an aromatic ring is 1. The molecular formula is C68H82Cl2FN13O8. The van der Waals surface area contributed by atoms with E-state index >= 15 is 4.79 Å². The van der Waals surface area contributed by atoms with E-state index in [0.29, 0.717) is 147 Å². The average Bonchev–Trinajstić information content (AvgIpc) is 1.54. The van der Waals surface area contributed by atoms with Gasteiger partial charge in [0.25, 0.3) is 5.91 Å². The molecule has 92 heavy (non-hydrogen) atoms. The van der Waals surface area contributed by atoms with Crippen molar-refractivity contribution in [3.05, 3.63) is 152 Å². The van der Waals surface area contributed by atoms with Crippen LogP contribution in [-0.2, 0) is 53.3 Å². The van der Waals surface area contributed by atoms with Gasteiger partial charge in [0.1, 0.15) is 34.5 Å². The molecule has 4 aromatic carbocycles. The van der Waals surface area contributed by atoms with Crippen molar-refractivity contribution in [3.8, 4) is 23.1 Å². The van der Waals surface area contributed by atoms with Crippen molar-refractivity contribution in [1.29, 1.82) is 5.26 Å². The van der Waals surface area contributed by atoms with Crippen molar-refractivity contribution in [3.63, 3.8) is 0 Å². The Balaban J connectivity index is 0.640. The van der Waals surface area contributed by atoms with Gasteiger partial charge in [-0.15, -0.1) is 0 Å². The number of nitrogens with zero attached hydrogens (tertiary/aromatic N) is 11. The highest BCUT2D eigenvalue weighted by molar-refractivity contribution is 6.30. The fourth-order valence-electron chi connectivity index (χ4n) is 12.6. The topological polar surface area (TPSA) is 231 Å². The number of anilines is 2. The second-order valence-electron chi connectivity index (χ2n) is 24.7. The van der Waals surface area contributed by atoms with E-state index in [4.69, 9.17) is 62.6 Å². The summed E-state index contributed by atoms with van der Waals surface area (Å²) in [4.78, 5) is 67.1. The van der Waals surface area contributed by atoms with E-state index in [1.54, 1.807) is 11.7 Å². The first kappa shape index (κ1) is 67.1. The van der Waals surface area contributed by atoms with Gasteiger partial charge in [0.15, 0.2) is 17.3 Å². The Bertz CT molecular complexity index is 3680. The van der Waals surface area contributed by atoms with Crippen LogP contribution >= 0.6 is 23.2 Å². The van der Waals surface area contributed by atoms with Crippen LogP contribution in [0.25, 0.3) is 11.3 Å². The van der Waals surface area contributed by atoms with Gasteiger partial charge in [-0.3, -0.25) is 29.1 Å². The number of urea groups is 1. The number of nitriles is 1. The summed E-state index contributed by atoms with van der Waals surface area (Å²) in [6, 6.07) is 27.4. The number of hydrogen-bond donors (Lipinski definition) is 2. The predicted molar refractivity (Wildman–Crippen MR) is 351 cm³/mol. The molecular weight excluding hydrogens is 1220 g/mol. The lowest BCUT2D eigenvalue weighted by atomic mass is 9.71. The molecule has 0 aliphatic carbocycles. The van der Waals surface area contributed by atoms with Crippen molar-refractivity contribution in [2.24, 2.45) is 4.99 Å². The minimum Gasteiger partial charge on any atom is -0.493 e. The Morgan fingerprint density at radius 3 is 2.12 bits per heavy atom. The number of carbonyl (C=O) groups is 3. The molecule has 2 fully saturated rings. The molecule has 2 bridgehead atoms. The van der Waals surface area contributed by atoms with Crippen molar-refractivity contribution in [2.75, 3.05) is 123 Å². The monoisotopic (exact) mass is 1300 g/mol. The first-order valence-corrected chi connectivity index (χ1v) is 32.2. The Kier molecular flexibility index (Phi) is 21.5. The molecule has 4 aliphatic rings. The SMILES string of the molecule is CCOc1cc(C(C)(C)C)ccc1C1=N[C@@](C)(c2ccc(Cl)cc2)[C@@](C)(c2ccc(Cl)cc2)N1C(=O)N1CCN(CCOCCOCCOCCOCCC(=O)NCCn2nc(C#N)c3c2CN(C)C(=O)c2ccc(F)cc2[C@H]2CCCN2c2nc-3cnc2N)CC1. The molecule has 21 nitrogen and oxygen atoms in total. The Hall–Kier alpha value is -7.75. The predicted octanol–water partition coefficient (Wildman–Crippen LogP) is 9.77. The Morgan fingerprint density at radius 1 is 0.826 bits per heavy atom. The van der Waals surface area contributed by atoms with Crippen LogP contribution in [0, 0.1) is 17.1 Å². The number of ether oxygens (including phenoxy) is 5. The summed E-state index contributed by atoms with van der Waals surface area (Å²) in [5.41, 5.74) is 10.1. The van der Waals surface area contributed by atoms with Crippen LogP contribution in [0.4, 0.5) is 20.8 Å². The van der Waals surface area contributed by atoms with E-state index in [-0.39, 0.29) is 80.1 Å². The number of amidine groups is 1. The van der Waals surface area contributed by atoms with Crippen LogP contribution in [0.15, 0.2) is 96.1 Å². The van der Waals surface area contributed by atoms with Gasteiger partial charge in [-0.2, -0.15) is 10.4 Å². The third-order valence-electron chi connectivity index (χ3n) is 17.8. The molecule has 10 rings (SSSR count). The maximum absolute atomic E-state index is 15.5. The standard InChI is InChI=1S/C68H82Cl2FN13O8/c1-8-92-58-40-47(66(2,3)4)15-21-52(58)62-77-67(5,45-11-16-48(69)17-12-45)68(6,46-13-18-49(70)19-14-46)84(62)65(87)81-29-27-80(28-30-81)31-33-89-35-37-91-39-38-90-36-34-88-32-23-59(85)74-24-26-83-57-44-79(7)64(86)51-22-20-50(71)41-53(51)56-10-9-25-82(56)63-61(73)75-43-55(76-63)60(57)54(42-72)78-83/h11-22,40-41,43,56H,8-10,23-39,44H2,1-7H3,(H2,73,75)(H,74,85)/t56-,67+,68-/m1/s1. The van der Waals surface area contributed by atoms with Gasteiger partial charge in [-0.25, -0.2) is 19.2 Å². The first-order valence-electron chi connectivity index (χ1n) is 31.5. The second kappa shape index (κ2) is 29.5. The molecule has 4 amide bonds. The molecule has 488 valence electrons. The van der Waals surface area contributed by atoms with E-state index in [1.165, 1.54) is 29.3 Å². The minimum atomic E-state index is -1.03. The molecule has 2 saturated heterocycles. The second-order valence-corrected chi connectivity index (χ2v) is 25.6. The van der Waals surface area contributed by atoms with Gasteiger partial charge in [0.2, 0.25) is 5.91 Å². The normalized spacial score (nSPS) is 19.2. The lowest BCUT2D eigenvalue weighted by Crippen LogP contribution is -2.60. The third kappa shape index (κ3) is 14.5. The number of amides is 4. The van der Waals surface area contributed by atoms with E-state index in [9.17, 15) is 19.2 Å². The molecule has 2 aromatic heterocycles. The number of halogens is 3. The molecule has 6 aromatic rings. The molecule has 3 atom stereocenters. The van der Waals surface area contributed by atoms with E-state index in [1.807, 2.05) is 76.2 Å². The van der Waals surface area contributed by atoms with Crippen molar-refractivity contribution in [1.82, 2.24) is 44.7 Å². The first-order chi connectivity index (χ1) is 44.2. The number of fused-ring (bicyclic) bond motifs is 8. The Labute approximate surface area is 547 Å². The van der Waals surface area contributed by atoms with E-state index in [2.05, 4.69) is 73.1 Å². The maximum atomic E-state index is 15.5. The number of nitrogens with one attached hydrogen (secondary N) is 1. The number of benzene rings is 4. The number of carbonyl (C=O) groups excluding carboxylic acids is 3. The summed E-state index contributed by atoms with van der Waals surface area (Å²) in [6.45, 7) is 19.9. The fourth-order valence-corrected chi connectivity index (χ4v) is 12.8. The number of nitrogens with two attached hydrogens (primary N) is 1. The Morgan fingerprint density at radius 2 is 1.47 bits per heavy atom. The fraction of sp³-hybridized carbons (Fsp3) is 0.471. The molecule has 0 saturated carbocycles. The molecule has 3 N–H and O–H groups in total. The largest absolute Gasteiger partial charge is 0.493 e. The number of aliphatic imine (C=N–C) groups is 1. The van der Waals surface area contributed by atoms with Gasteiger partial charge in [-0.1, -0.05) is 74.3 Å².